The Hall–Kier alpha value is -2.34. The Bertz CT molecular complexity index is 669. The molecular weight excluding hydrogens is 298 g/mol. The number of hydrogen-bond acceptors (Lipinski definition) is 5. The third-order valence-electron chi connectivity index (χ3n) is 4.84. The maximum absolute atomic E-state index is 12.4. The molecular formula is C17H19NO5. The lowest BCUT2D eigenvalue weighted by Crippen LogP contribution is -2.57. The Balaban J connectivity index is 1.68. The van der Waals surface area contributed by atoms with Gasteiger partial charge in [0.15, 0.2) is 17.3 Å². The number of rotatable bonds is 4. The summed E-state index contributed by atoms with van der Waals surface area (Å²) in [6.45, 7) is 1.23. The SMILES string of the molecule is O=C(/C=C/c1ccc(O)c(O)c1)C1CN2CCC1CC2C(=O)O. The summed E-state index contributed by atoms with van der Waals surface area (Å²) in [5.41, 5.74) is 0.623. The van der Waals surface area contributed by atoms with Crippen LogP contribution in [0.15, 0.2) is 24.3 Å². The van der Waals surface area contributed by atoms with Gasteiger partial charge in [-0.2, -0.15) is 0 Å². The number of allylic oxidation sites excluding steroid dienone is 1. The van der Waals surface area contributed by atoms with E-state index in [-0.39, 0.29) is 29.1 Å². The first-order valence-electron chi connectivity index (χ1n) is 7.66. The second-order valence-electron chi connectivity index (χ2n) is 6.22. The van der Waals surface area contributed by atoms with E-state index in [1.807, 2.05) is 4.90 Å². The van der Waals surface area contributed by atoms with Gasteiger partial charge in [0, 0.05) is 12.5 Å². The molecule has 4 atom stereocenters. The second-order valence-corrected chi connectivity index (χ2v) is 6.22. The van der Waals surface area contributed by atoms with E-state index >= 15 is 0 Å². The van der Waals surface area contributed by atoms with Crippen LogP contribution in [0, 0.1) is 11.8 Å². The number of phenols is 2. The van der Waals surface area contributed by atoms with E-state index in [0.717, 1.165) is 13.0 Å². The fraction of sp³-hybridized carbons (Fsp3) is 0.412. The van der Waals surface area contributed by atoms with E-state index < -0.39 is 12.0 Å². The molecule has 2 bridgehead atoms. The van der Waals surface area contributed by atoms with Crippen LogP contribution in [0.2, 0.25) is 0 Å². The zero-order valence-corrected chi connectivity index (χ0v) is 12.6. The summed E-state index contributed by atoms with van der Waals surface area (Å²) in [4.78, 5) is 25.5. The zero-order chi connectivity index (χ0) is 16.6. The zero-order valence-electron chi connectivity index (χ0n) is 12.6. The maximum atomic E-state index is 12.4. The molecule has 3 heterocycles. The summed E-state index contributed by atoms with van der Waals surface area (Å²) in [7, 11) is 0. The largest absolute Gasteiger partial charge is 0.504 e. The van der Waals surface area contributed by atoms with Crippen molar-refractivity contribution in [3.63, 3.8) is 0 Å². The van der Waals surface area contributed by atoms with Gasteiger partial charge >= 0.3 is 5.97 Å². The number of carboxylic acid groups (broad SMARTS) is 1. The van der Waals surface area contributed by atoms with E-state index in [2.05, 4.69) is 0 Å². The molecule has 3 fully saturated rings. The third-order valence-corrected chi connectivity index (χ3v) is 4.84. The highest BCUT2D eigenvalue weighted by atomic mass is 16.4. The molecule has 0 aromatic heterocycles. The molecule has 3 aliphatic rings. The van der Waals surface area contributed by atoms with Gasteiger partial charge < -0.3 is 15.3 Å². The van der Waals surface area contributed by atoms with Gasteiger partial charge in [-0.25, -0.2) is 0 Å². The molecule has 0 radical (unpaired) electrons. The van der Waals surface area contributed by atoms with E-state index in [0.29, 0.717) is 18.5 Å². The van der Waals surface area contributed by atoms with Crippen molar-refractivity contribution in [3.05, 3.63) is 29.8 Å². The number of carboxylic acids is 1. The highest BCUT2D eigenvalue weighted by molar-refractivity contribution is 5.96. The van der Waals surface area contributed by atoms with Crippen molar-refractivity contribution >= 4 is 17.8 Å². The van der Waals surface area contributed by atoms with Gasteiger partial charge in [0.25, 0.3) is 0 Å². The average Bonchev–Trinajstić information content (AvgIpc) is 2.55. The fourth-order valence-electron chi connectivity index (χ4n) is 3.55. The fourth-order valence-corrected chi connectivity index (χ4v) is 3.55. The number of benzene rings is 1. The monoisotopic (exact) mass is 317 g/mol. The molecule has 0 aliphatic carbocycles. The first kappa shape index (κ1) is 15.6. The first-order valence-corrected chi connectivity index (χ1v) is 7.66. The molecule has 23 heavy (non-hydrogen) atoms. The van der Waals surface area contributed by atoms with Gasteiger partial charge in [-0.3, -0.25) is 14.5 Å². The quantitative estimate of drug-likeness (QED) is 0.575. The van der Waals surface area contributed by atoms with Crippen molar-refractivity contribution in [2.75, 3.05) is 13.1 Å². The van der Waals surface area contributed by atoms with Gasteiger partial charge in [0.2, 0.25) is 0 Å². The van der Waals surface area contributed by atoms with Crippen molar-refractivity contribution in [3.8, 4) is 11.5 Å². The summed E-state index contributed by atoms with van der Waals surface area (Å²) in [6.07, 6.45) is 4.47. The maximum Gasteiger partial charge on any atom is 0.320 e. The van der Waals surface area contributed by atoms with Gasteiger partial charge in [0.1, 0.15) is 6.04 Å². The smallest absolute Gasteiger partial charge is 0.320 e. The van der Waals surface area contributed by atoms with Crippen LogP contribution in [-0.4, -0.2) is 51.1 Å². The van der Waals surface area contributed by atoms with E-state index in [1.54, 1.807) is 12.1 Å². The molecule has 4 unspecified atom stereocenters. The minimum Gasteiger partial charge on any atom is -0.504 e. The summed E-state index contributed by atoms with van der Waals surface area (Å²) in [6, 6.07) is 3.90. The molecule has 0 amide bonds. The number of aliphatic carboxylic acids is 1. The number of hydrogen-bond donors (Lipinski definition) is 3. The van der Waals surface area contributed by atoms with Crippen molar-refractivity contribution in [2.45, 2.75) is 18.9 Å². The Kier molecular flexibility index (Phi) is 4.09. The van der Waals surface area contributed by atoms with Crippen molar-refractivity contribution in [1.82, 2.24) is 4.90 Å². The summed E-state index contributed by atoms with van der Waals surface area (Å²) < 4.78 is 0. The van der Waals surface area contributed by atoms with E-state index in [9.17, 15) is 24.9 Å². The highest BCUT2D eigenvalue weighted by Crippen LogP contribution is 2.37. The molecule has 0 saturated carbocycles. The Labute approximate surface area is 133 Å². The molecule has 3 aliphatic heterocycles. The Morgan fingerprint density at radius 3 is 2.61 bits per heavy atom. The van der Waals surface area contributed by atoms with Crippen molar-refractivity contribution in [2.24, 2.45) is 11.8 Å². The number of piperidine rings is 3. The molecule has 1 aromatic carbocycles. The lowest BCUT2D eigenvalue weighted by molar-refractivity contribution is -0.151. The van der Waals surface area contributed by atoms with Gasteiger partial charge in [0.05, 0.1) is 0 Å². The summed E-state index contributed by atoms with van der Waals surface area (Å²) in [5.74, 6) is -1.31. The van der Waals surface area contributed by atoms with Gasteiger partial charge in [-0.1, -0.05) is 12.1 Å². The van der Waals surface area contributed by atoms with Crippen LogP contribution in [0.25, 0.3) is 6.08 Å². The van der Waals surface area contributed by atoms with Gasteiger partial charge in [-0.05, 0) is 49.1 Å². The number of nitrogens with zero attached hydrogens (tertiary/aromatic N) is 1. The van der Waals surface area contributed by atoms with Crippen LogP contribution < -0.4 is 0 Å². The molecule has 0 spiro atoms. The molecule has 4 rings (SSSR count). The molecule has 3 saturated heterocycles. The number of phenolic OH excluding ortho intramolecular Hbond substituents is 2. The summed E-state index contributed by atoms with van der Waals surface area (Å²) in [5, 5.41) is 27.9. The minimum atomic E-state index is -0.810. The normalized spacial score (nSPS) is 29.7. The summed E-state index contributed by atoms with van der Waals surface area (Å²) >= 11 is 0. The molecule has 3 N–H and O–H groups in total. The van der Waals surface area contributed by atoms with Crippen LogP contribution in [0.3, 0.4) is 0 Å². The Morgan fingerprint density at radius 2 is 2.00 bits per heavy atom. The predicted octanol–water partition coefficient (Wildman–Crippen LogP) is 1.48. The van der Waals surface area contributed by atoms with Crippen LogP contribution in [0.4, 0.5) is 0 Å². The first-order chi connectivity index (χ1) is 11.0. The van der Waals surface area contributed by atoms with E-state index in [1.165, 1.54) is 18.2 Å². The number of ketones is 1. The predicted molar refractivity (Wildman–Crippen MR) is 83.0 cm³/mol. The highest BCUT2D eigenvalue weighted by Gasteiger charge is 2.44. The van der Waals surface area contributed by atoms with Crippen LogP contribution in [0.1, 0.15) is 18.4 Å². The topological polar surface area (TPSA) is 98.1 Å². The number of fused-ring (bicyclic) bond motifs is 3. The van der Waals surface area contributed by atoms with Crippen molar-refractivity contribution < 1.29 is 24.9 Å². The van der Waals surface area contributed by atoms with E-state index in [4.69, 9.17) is 0 Å². The minimum absolute atomic E-state index is 0.0175. The van der Waals surface area contributed by atoms with Crippen LogP contribution in [-0.2, 0) is 9.59 Å². The lowest BCUT2D eigenvalue weighted by Gasteiger charge is -2.47. The molecule has 6 heteroatoms. The van der Waals surface area contributed by atoms with Crippen molar-refractivity contribution in [1.29, 1.82) is 0 Å². The molecule has 122 valence electrons. The second kappa shape index (κ2) is 6.04. The van der Waals surface area contributed by atoms with Crippen LogP contribution in [0.5, 0.6) is 11.5 Å². The average molecular weight is 317 g/mol. The molecule has 6 nitrogen and oxygen atoms in total. The number of carbonyl (C=O) groups excluding carboxylic acids is 1. The molecule has 1 aromatic rings. The van der Waals surface area contributed by atoms with Crippen LogP contribution >= 0.6 is 0 Å². The number of carbonyl (C=O) groups is 2. The number of aromatic hydroxyl groups is 2. The Morgan fingerprint density at radius 1 is 1.22 bits per heavy atom. The third kappa shape index (κ3) is 3.07. The van der Waals surface area contributed by atoms with Gasteiger partial charge in [-0.15, -0.1) is 0 Å². The lowest BCUT2D eigenvalue weighted by atomic mass is 9.73. The standard InChI is InChI=1S/C17H19NO5/c19-14(3-1-10-2-4-15(20)16(21)7-10)12-9-18-6-5-11(12)8-13(18)17(22)23/h1-4,7,11-13,20-21H,5-6,8-9H2,(H,22,23)/b3-1+.